The number of piperazine rings is 1. The van der Waals surface area contributed by atoms with Crippen molar-refractivity contribution in [1.82, 2.24) is 10.2 Å². The van der Waals surface area contributed by atoms with E-state index in [-0.39, 0.29) is 24.8 Å². The molecule has 1 saturated heterocycles. The topological polar surface area (TPSA) is 15.3 Å². The van der Waals surface area contributed by atoms with Crippen molar-refractivity contribution in [1.29, 1.82) is 0 Å². The zero-order chi connectivity index (χ0) is 13.0. The maximum Gasteiger partial charge on any atom is 0.0406 e. The zero-order valence-corrected chi connectivity index (χ0v) is 14.5. The molecule has 0 saturated carbocycles. The Hall–Kier alpha value is 0.01000. The summed E-state index contributed by atoms with van der Waals surface area (Å²) in [5, 5.41) is 4.25. The lowest BCUT2D eigenvalue weighted by atomic mass is 9.90. The van der Waals surface area contributed by atoms with E-state index >= 15 is 0 Å². The third-order valence-electron chi connectivity index (χ3n) is 3.94. The second-order valence-corrected chi connectivity index (χ2v) is 5.60. The van der Waals surface area contributed by atoms with Crippen LogP contribution in [0.4, 0.5) is 0 Å². The molecule has 1 unspecified atom stereocenters. The molecule has 0 aliphatic carbocycles. The SMILES string of the molecule is CCC(C)[C@@H](c1ccc(Cl)cc1)N1CCNCC1.Cl.Cl. The molecule has 1 aliphatic rings. The third kappa shape index (κ3) is 5.09. The molecule has 0 bridgehead atoms. The molecule has 0 radical (unpaired) electrons. The molecule has 0 amide bonds. The average molecular weight is 340 g/mol. The van der Waals surface area contributed by atoms with E-state index in [0.717, 1.165) is 31.2 Å². The lowest BCUT2D eigenvalue weighted by molar-refractivity contribution is 0.128. The molecular weight excluding hydrogens is 315 g/mol. The largest absolute Gasteiger partial charge is 0.314 e. The molecule has 116 valence electrons. The van der Waals surface area contributed by atoms with Gasteiger partial charge < -0.3 is 5.32 Å². The van der Waals surface area contributed by atoms with Gasteiger partial charge in [0.15, 0.2) is 0 Å². The number of nitrogens with zero attached hydrogens (tertiary/aromatic N) is 1. The van der Waals surface area contributed by atoms with Gasteiger partial charge in [0.1, 0.15) is 0 Å². The lowest BCUT2D eigenvalue weighted by Crippen LogP contribution is -2.46. The van der Waals surface area contributed by atoms with Crippen LogP contribution in [0, 0.1) is 5.92 Å². The highest BCUT2D eigenvalue weighted by atomic mass is 35.5. The molecule has 1 aliphatic heterocycles. The summed E-state index contributed by atoms with van der Waals surface area (Å²) in [6, 6.07) is 8.90. The van der Waals surface area contributed by atoms with E-state index in [9.17, 15) is 0 Å². The molecule has 1 aromatic carbocycles. The summed E-state index contributed by atoms with van der Waals surface area (Å²) in [7, 11) is 0. The van der Waals surface area contributed by atoms with E-state index in [0.29, 0.717) is 12.0 Å². The van der Waals surface area contributed by atoms with Gasteiger partial charge in [-0.2, -0.15) is 0 Å². The number of benzene rings is 1. The molecule has 2 rings (SSSR count). The van der Waals surface area contributed by atoms with Crippen molar-refractivity contribution in [3.63, 3.8) is 0 Å². The van der Waals surface area contributed by atoms with Crippen LogP contribution in [0.5, 0.6) is 0 Å². The molecule has 1 heterocycles. The predicted octanol–water partition coefficient (Wildman–Crippen LogP) is 4.18. The number of halogens is 3. The van der Waals surface area contributed by atoms with E-state index in [1.165, 1.54) is 12.0 Å². The maximum absolute atomic E-state index is 5.99. The van der Waals surface area contributed by atoms with Crippen LogP contribution in [0.3, 0.4) is 0 Å². The molecule has 2 atom stereocenters. The zero-order valence-electron chi connectivity index (χ0n) is 12.1. The molecule has 0 aromatic heterocycles. The minimum atomic E-state index is 0. The van der Waals surface area contributed by atoms with E-state index < -0.39 is 0 Å². The standard InChI is InChI=1S/C15H23ClN2.2ClH/c1-3-12(2)15(18-10-8-17-9-11-18)13-4-6-14(16)7-5-13;;/h4-7,12,15,17H,3,8-11H2,1-2H3;2*1H/t12?,15-;;/m0../s1. The first-order chi connectivity index (χ1) is 8.72. The van der Waals surface area contributed by atoms with Crippen LogP contribution in [0.25, 0.3) is 0 Å². The highest BCUT2D eigenvalue weighted by molar-refractivity contribution is 6.30. The summed E-state index contributed by atoms with van der Waals surface area (Å²) in [6.07, 6.45) is 1.21. The van der Waals surface area contributed by atoms with Gasteiger partial charge in [0.25, 0.3) is 0 Å². The van der Waals surface area contributed by atoms with Crippen molar-refractivity contribution in [3.05, 3.63) is 34.9 Å². The molecule has 0 spiro atoms. The first-order valence-electron chi connectivity index (χ1n) is 6.92. The van der Waals surface area contributed by atoms with E-state index in [1.54, 1.807) is 0 Å². The fraction of sp³-hybridized carbons (Fsp3) is 0.600. The van der Waals surface area contributed by atoms with Crippen LogP contribution in [-0.4, -0.2) is 31.1 Å². The average Bonchev–Trinajstić information content (AvgIpc) is 2.42. The van der Waals surface area contributed by atoms with Crippen LogP contribution in [0.1, 0.15) is 31.9 Å². The summed E-state index contributed by atoms with van der Waals surface area (Å²) in [5.41, 5.74) is 1.40. The fourth-order valence-electron chi connectivity index (χ4n) is 2.74. The van der Waals surface area contributed by atoms with Gasteiger partial charge in [0, 0.05) is 37.2 Å². The molecular formula is C15H25Cl3N2. The number of hydrogen-bond donors (Lipinski definition) is 1. The Morgan fingerprint density at radius 2 is 1.70 bits per heavy atom. The highest BCUT2D eigenvalue weighted by Gasteiger charge is 2.26. The van der Waals surface area contributed by atoms with Crippen molar-refractivity contribution in [2.24, 2.45) is 5.92 Å². The van der Waals surface area contributed by atoms with Gasteiger partial charge in [-0.15, -0.1) is 24.8 Å². The summed E-state index contributed by atoms with van der Waals surface area (Å²) in [6.45, 7) is 9.09. The van der Waals surface area contributed by atoms with Gasteiger partial charge in [-0.3, -0.25) is 4.90 Å². The first-order valence-corrected chi connectivity index (χ1v) is 7.30. The normalized spacial score (nSPS) is 18.6. The smallest absolute Gasteiger partial charge is 0.0406 e. The van der Waals surface area contributed by atoms with Gasteiger partial charge in [-0.1, -0.05) is 44.0 Å². The van der Waals surface area contributed by atoms with Crippen LogP contribution in [-0.2, 0) is 0 Å². The third-order valence-corrected chi connectivity index (χ3v) is 4.19. The van der Waals surface area contributed by atoms with Crippen molar-refractivity contribution >= 4 is 36.4 Å². The van der Waals surface area contributed by atoms with Crippen LogP contribution in [0.2, 0.25) is 5.02 Å². The van der Waals surface area contributed by atoms with Crippen molar-refractivity contribution < 1.29 is 0 Å². The summed E-state index contributed by atoms with van der Waals surface area (Å²) >= 11 is 5.99. The predicted molar refractivity (Wildman–Crippen MR) is 92.6 cm³/mol. The number of nitrogens with one attached hydrogen (secondary N) is 1. The lowest BCUT2D eigenvalue weighted by Gasteiger charge is -2.38. The first kappa shape index (κ1) is 20.0. The summed E-state index contributed by atoms with van der Waals surface area (Å²) in [4.78, 5) is 2.61. The maximum atomic E-state index is 5.99. The molecule has 20 heavy (non-hydrogen) atoms. The van der Waals surface area contributed by atoms with Gasteiger partial charge >= 0.3 is 0 Å². The second kappa shape index (κ2) is 9.86. The van der Waals surface area contributed by atoms with Gasteiger partial charge in [-0.25, -0.2) is 0 Å². The Labute approximate surface area is 140 Å². The van der Waals surface area contributed by atoms with Crippen molar-refractivity contribution in [2.45, 2.75) is 26.3 Å². The Kier molecular flexibility index (Phi) is 9.86. The van der Waals surface area contributed by atoms with E-state index in [2.05, 4.69) is 36.2 Å². The Balaban J connectivity index is 0.00000180. The van der Waals surface area contributed by atoms with Crippen molar-refractivity contribution in [2.75, 3.05) is 26.2 Å². The molecule has 1 N–H and O–H groups in total. The van der Waals surface area contributed by atoms with Crippen LogP contribution in [0.15, 0.2) is 24.3 Å². The summed E-state index contributed by atoms with van der Waals surface area (Å²) in [5.74, 6) is 0.671. The van der Waals surface area contributed by atoms with Crippen molar-refractivity contribution in [3.8, 4) is 0 Å². The Bertz CT molecular complexity index is 364. The quantitative estimate of drug-likeness (QED) is 0.885. The molecule has 1 aromatic rings. The minimum Gasteiger partial charge on any atom is -0.314 e. The van der Waals surface area contributed by atoms with Gasteiger partial charge in [0.05, 0.1) is 0 Å². The monoisotopic (exact) mass is 338 g/mol. The minimum absolute atomic E-state index is 0. The highest BCUT2D eigenvalue weighted by Crippen LogP contribution is 2.31. The number of rotatable bonds is 4. The van der Waals surface area contributed by atoms with Gasteiger partial charge in [0.2, 0.25) is 0 Å². The van der Waals surface area contributed by atoms with Crippen LogP contribution < -0.4 is 5.32 Å². The van der Waals surface area contributed by atoms with E-state index in [4.69, 9.17) is 11.6 Å². The number of hydrogen-bond acceptors (Lipinski definition) is 2. The van der Waals surface area contributed by atoms with Crippen LogP contribution >= 0.6 is 36.4 Å². The molecule has 5 heteroatoms. The Morgan fingerprint density at radius 3 is 2.20 bits per heavy atom. The molecule has 1 fully saturated rings. The van der Waals surface area contributed by atoms with E-state index in [1.807, 2.05) is 12.1 Å². The Morgan fingerprint density at radius 1 is 1.15 bits per heavy atom. The fourth-order valence-corrected chi connectivity index (χ4v) is 2.87. The molecule has 2 nitrogen and oxygen atoms in total. The second-order valence-electron chi connectivity index (χ2n) is 5.17. The summed E-state index contributed by atoms with van der Waals surface area (Å²) < 4.78 is 0. The van der Waals surface area contributed by atoms with Gasteiger partial charge in [-0.05, 0) is 23.6 Å².